The van der Waals surface area contributed by atoms with E-state index in [1.807, 2.05) is 37.2 Å². The summed E-state index contributed by atoms with van der Waals surface area (Å²) < 4.78 is 5.77. The van der Waals surface area contributed by atoms with E-state index in [0.29, 0.717) is 6.10 Å². The Balaban J connectivity index is 2.30. The number of ether oxygens (including phenoxy) is 1. The van der Waals surface area contributed by atoms with Crippen LogP contribution in [0, 0.1) is 0 Å². The highest BCUT2D eigenvalue weighted by Crippen LogP contribution is 2.37. The van der Waals surface area contributed by atoms with Crippen LogP contribution in [0.1, 0.15) is 12.8 Å². The number of rotatable bonds is 3. The fourth-order valence-electron chi connectivity index (χ4n) is 1.39. The molecule has 2 rings (SSSR count). The summed E-state index contributed by atoms with van der Waals surface area (Å²) in [5.41, 5.74) is 0.973. The van der Waals surface area contributed by atoms with E-state index in [1.54, 1.807) is 0 Å². The monoisotopic (exact) mass is 211 g/mol. The van der Waals surface area contributed by atoms with Crippen molar-refractivity contribution < 1.29 is 4.74 Å². The first-order valence-corrected chi connectivity index (χ1v) is 5.19. The number of anilines is 1. The number of hydrogen-bond acceptors (Lipinski definition) is 2. The van der Waals surface area contributed by atoms with Crippen LogP contribution in [0.25, 0.3) is 0 Å². The normalized spacial score (nSPS) is 15.4. The molecular weight excluding hydrogens is 198 g/mol. The zero-order chi connectivity index (χ0) is 10.1. The summed E-state index contributed by atoms with van der Waals surface area (Å²) in [6.07, 6.45) is 2.74. The minimum atomic E-state index is 0.409. The summed E-state index contributed by atoms with van der Waals surface area (Å²) in [5.74, 6) is 0.894. The van der Waals surface area contributed by atoms with E-state index < -0.39 is 0 Å². The number of hydrogen-bond donors (Lipinski definition) is 0. The summed E-state index contributed by atoms with van der Waals surface area (Å²) >= 11 is 6.11. The zero-order valence-electron chi connectivity index (χ0n) is 8.46. The van der Waals surface area contributed by atoms with E-state index in [1.165, 1.54) is 12.8 Å². The molecule has 1 aromatic carbocycles. The van der Waals surface area contributed by atoms with Crippen LogP contribution in [-0.2, 0) is 0 Å². The van der Waals surface area contributed by atoms with Gasteiger partial charge in [0.25, 0.3) is 0 Å². The van der Waals surface area contributed by atoms with Gasteiger partial charge in [-0.05, 0) is 25.0 Å². The summed E-state index contributed by atoms with van der Waals surface area (Å²) in [6.45, 7) is 0. The van der Waals surface area contributed by atoms with Crippen molar-refractivity contribution >= 4 is 17.3 Å². The zero-order valence-corrected chi connectivity index (χ0v) is 9.21. The topological polar surface area (TPSA) is 12.5 Å². The van der Waals surface area contributed by atoms with Gasteiger partial charge in [-0.15, -0.1) is 0 Å². The van der Waals surface area contributed by atoms with Gasteiger partial charge in [-0.25, -0.2) is 0 Å². The molecule has 0 N–H and O–H groups in total. The second-order valence-electron chi connectivity index (χ2n) is 3.80. The van der Waals surface area contributed by atoms with Crippen molar-refractivity contribution in [3.8, 4) is 5.75 Å². The van der Waals surface area contributed by atoms with Gasteiger partial charge in [0.05, 0.1) is 16.8 Å². The second-order valence-corrected chi connectivity index (χ2v) is 4.21. The molecule has 0 heterocycles. The highest BCUT2D eigenvalue weighted by molar-refractivity contribution is 6.33. The van der Waals surface area contributed by atoms with Crippen LogP contribution in [-0.4, -0.2) is 20.2 Å². The first-order chi connectivity index (χ1) is 6.68. The van der Waals surface area contributed by atoms with E-state index >= 15 is 0 Å². The third kappa shape index (κ3) is 1.95. The Kier molecular flexibility index (Phi) is 2.55. The van der Waals surface area contributed by atoms with E-state index in [9.17, 15) is 0 Å². The maximum absolute atomic E-state index is 6.11. The standard InChI is InChI=1S/C11H14ClNO/c1-13(2)11-9(12)4-3-5-10(11)14-8-6-7-8/h3-5,8H,6-7H2,1-2H3. The molecule has 0 amide bonds. The second kappa shape index (κ2) is 3.70. The van der Waals surface area contributed by atoms with Crippen molar-refractivity contribution in [1.29, 1.82) is 0 Å². The Morgan fingerprint density at radius 1 is 1.36 bits per heavy atom. The van der Waals surface area contributed by atoms with Gasteiger partial charge in [0, 0.05) is 14.1 Å². The largest absolute Gasteiger partial charge is 0.488 e. The smallest absolute Gasteiger partial charge is 0.144 e. The number of nitrogens with zero attached hydrogens (tertiary/aromatic N) is 1. The maximum atomic E-state index is 6.11. The van der Waals surface area contributed by atoms with Gasteiger partial charge in [0.2, 0.25) is 0 Å². The summed E-state index contributed by atoms with van der Waals surface area (Å²) in [7, 11) is 3.95. The summed E-state index contributed by atoms with van der Waals surface area (Å²) in [6, 6.07) is 5.78. The number of para-hydroxylation sites is 1. The third-order valence-corrected chi connectivity index (χ3v) is 2.52. The Hall–Kier alpha value is -0.890. The lowest BCUT2D eigenvalue weighted by molar-refractivity contribution is 0.304. The summed E-state index contributed by atoms with van der Waals surface area (Å²) in [4.78, 5) is 1.99. The van der Waals surface area contributed by atoms with Gasteiger partial charge >= 0.3 is 0 Å². The molecule has 3 heteroatoms. The Morgan fingerprint density at radius 3 is 2.64 bits per heavy atom. The SMILES string of the molecule is CN(C)c1c(Cl)cccc1OC1CC1. The molecule has 0 atom stereocenters. The number of benzene rings is 1. The molecule has 0 aromatic heterocycles. The van der Waals surface area contributed by atoms with Crippen molar-refractivity contribution in [3.05, 3.63) is 23.2 Å². The fraction of sp³-hybridized carbons (Fsp3) is 0.455. The van der Waals surface area contributed by atoms with Crippen LogP contribution in [0.4, 0.5) is 5.69 Å². The first kappa shape index (κ1) is 9.66. The average Bonchev–Trinajstić information content (AvgIpc) is 2.87. The van der Waals surface area contributed by atoms with Crippen LogP contribution in [0.5, 0.6) is 5.75 Å². The van der Waals surface area contributed by atoms with Crippen molar-refractivity contribution in [1.82, 2.24) is 0 Å². The lowest BCUT2D eigenvalue weighted by Gasteiger charge is -2.18. The van der Waals surface area contributed by atoms with Gasteiger partial charge in [-0.2, -0.15) is 0 Å². The van der Waals surface area contributed by atoms with Crippen molar-refractivity contribution in [2.75, 3.05) is 19.0 Å². The molecule has 2 nitrogen and oxygen atoms in total. The van der Waals surface area contributed by atoms with E-state index in [0.717, 1.165) is 16.5 Å². The third-order valence-electron chi connectivity index (χ3n) is 2.21. The predicted octanol–water partition coefficient (Wildman–Crippen LogP) is 2.95. The maximum Gasteiger partial charge on any atom is 0.144 e. The molecule has 1 aromatic rings. The highest BCUT2D eigenvalue weighted by Gasteiger charge is 2.25. The minimum absolute atomic E-state index is 0.409. The lowest BCUT2D eigenvalue weighted by atomic mass is 10.3. The molecule has 1 fully saturated rings. The average molecular weight is 212 g/mol. The van der Waals surface area contributed by atoms with Crippen LogP contribution in [0.2, 0.25) is 5.02 Å². The molecule has 0 bridgehead atoms. The van der Waals surface area contributed by atoms with Gasteiger partial charge in [0.1, 0.15) is 5.75 Å². The van der Waals surface area contributed by atoms with Crippen LogP contribution in [0.15, 0.2) is 18.2 Å². The summed E-state index contributed by atoms with van der Waals surface area (Å²) in [5, 5.41) is 0.744. The van der Waals surface area contributed by atoms with E-state index in [4.69, 9.17) is 16.3 Å². The molecule has 0 unspecified atom stereocenters. The molecule has 0 radical (unpaired) electrons. The van der Waals surface area contributed by atoms with Gasteiger partial charge in [0.15, 0.2) is 0 Å². The lowest BCUT2D eigenvalue weighted by Crippen LogP contribution is -2.11. The van der Waals surface area contributed by atoms with E-state index in [2.05, 4.69) is 0 Å². The van der Waals surface area contributed by atoms with Crippen LogP contribution in [0.3, 0.4) is 0 Å². The van der Waals surface area contributed by atoms with Crippen molar-refractivity contribution in [2.24, 2.45) is 0 Å². The highest BCUT2D eigenvalue weighted by atomic mass is 35.5. The molecule has 0 saturated heterocycles. The Morgan fingerprint density at radius 2 is 2.07 bits per heavy atom. The molecular formula is C11H14ClNO. The molecule has 1 aliphatic carbocycles. The van der Waals surface area contributed by atoms with Gasteiger partial charge < -0.3 is 9.64 Å². The predicted molar refractivity (Wildman–Crippen MR) is 59.4 cm³/mol. The quantitative estimate of drug-likeness (QED) is 0.762. The van der Waals surface area contributed by atoms with Crippen molar-refractivity contribution in [2.45, 2.75) is 18.9 Å². The molecule has 0 aliphatic heterocycles. The fourth-order valence-corrected chi connectivity index (χ4v) is 1.73. The van der Waals surface area contributed by atoms with Gasteiger partial charge in [-0.3, -0.25) is 0 Å². The van der Waals surface area contributed by atoms with Gasteiger partial charge in [-0.1, -0.05) is 17.7 Å². The van der Waals surface area contributed by atoms with E-state index in [-0.39, 0.29) is 0 Å². The Labute approximate surface area is 89.4 Å². The molecule has 1 saturated carbocycles. The Bertz CT molecular complexity index is 334. The molecule has 0 spiro atoms. The first-order valence-electron chi connectivity index (χ1n) is 4.81. The molecule has 1 aliphatic rings. The van der Waals surface area contributed by atoms with Crippen LogP contribution >= 0.6 is 11.6 Å². The van der Waals surface area contributed by atoms with Crippen molar-refractivity contribution in [3.63, 3.8) is 0 Å². The molecule has 76 valence electrons. The minimum Gasteiger partial charge on any atom is -0.488 e. The molecule has 14 heavy (non-hydrogen) atoms. The van der Waals surface area contributed by atoms with Crippen LogP contribution < -0.4 is 9.64 Å². The number of halogens is 1.